The second kappa shape index (κ2) is 16.8. The van der Waals surface area contributed by atoms with Gasteiger partial charge in [-0.2, -0.15) is 0 Å². The number of hydrogen-bond acceptors (Lipinski definition) is 21. The van der Waals surface area contributed by atoms with Gasteiger partial charge in [0.05, 0.1) is 19.8 Å². The summed E-state index contributed by atoms with van der Waals surface area (Å²) in [7, 11) is 0. The molecule has 0 aromatic rings. The lowest BCUT2D eigenvalue weighted by Gasteiger charge is -2.47. The van der Waals surface area contributed by atoms with E-state index in [0.717, 1.165) is 6.92 Å². The van der Waals surface area contributed by atoms with Crippen molar-refractivity contribution in [3.8, 4) is 0 Å². The van der Waals surface area contributed by atoms with Crippen LogP contribution in [0.5, 0.6) is 0 Å². The third-order valence-electron chi connectivity index (χ3n) is 8.64. The molecule has 1 amide bonds. The van der Waals surface area contributed by atoms with E-state index in [4.69, 9.17) is 38.9 Å². The zero-order chi connectivity index (χ0) is 35.6. The molecule has 4 saturated heterocycles. The Morgan fingerprint density at radius 3 is 1.60 bits per heavy atom. The summed E-state index contributed by atoms with van der Waals surface area (Å²) in [5, 5.41) is 126. The number of aliphatic hydroxyl groups excluding tert-OH is 12. The van der Waals surface area contributed by atoms with E-state index in [9.17, 15) is 66.1 Å². The molecule has 0 aromatic carbocycles. The fourth-order valence-corrected chi connectivity index (χ4v) is 5.89. The van der Waals surface area contributed by atoms with E-state index < -0.39 is 148 Å². The number of rotatable bonds is 11. The highest BCUT2D eigenvalue weighted by Gasteiger charge is 2.53. The maximum atomic E-state index is 11.7. The van der Waals surface area contributed by atoms with Crippen molar-refractivity contribution >= 4 is 5.91 Å². The molecule has 0 radical (unpaired) electrons. The summed E-state index contributed by atoms with van der Waals surface area (Å²) in [5.41, 5.74) is 5.57. The van der Waals surface area contributed by atoms with Crippen molar-refractivity contribution in [2.45, 2.75) is 130 Å². The zero-order valence-corrected chi connectivity index (χ0v) is 25.6. The van der Waals surface area contributed by atoms with Gasteiger partial charge < -0.3 is 105 Å². The van der Waals surface area contributed by atoms with E-state index >= 15 is 0 Å². The molecule has 22 heteroatoms. The van der Waals surface area contributed by atoms with Crippen LogP contribution in [0.2, 0.25) is 0 Å². The van der Waals surface area contributed by atoms with Gasteiger partial charge in [0.25, 0.3) is 0 Å². The lowest BCUT2D eigenvalue weighted by molar-refractivity contribution is -0.367. The standard InChI is InChI=1S/C26H46N2O20/c1-6(31)28-11-14(34)22(48-25-18(38)15(35)12(32)7(2-27)44-25)10(43-23(11)41)5-42-24-20(40)17(37)21(9(4-30)46-24)47-26-19(39)16(36)13(33)8(3-29)45-26/h7-26,29-30,32-41H,2-5,27H2,1H3,(H,28,31)/t7-,8-,9-,10-,11-,12+,13+,14-,15+,16+,17-,18-,19-,20-,21-,22-,23-,24-,25+,26+/m1/s1. The number of ether oxygens (including phenoxy) is 7. The molecular weight excluding hydrogens is 660 g/mol. The van der Waals surface area contributed by atoms with Crippen LogP contribution in [0, 0.1) is 0 Å². The van der Waals surface area contributed by atoms with Gasteiger partial charge in [0.2, 0.25) is 5.91 Å². The first-order valence-corrected chi connectivity index (χ1v) is 15.2. The normalized spacial score (nSPS) is 50.2. The highest BCUT2D eigenvalue weighted by atomic mass is 16.8. The Labute approximate surface area is 272 Å². The first-order valence-electron chi connectivity index (χ1n) is 15.2. The Bertz CT molecular complexity index is 1030. The molecule has 4 fully saturated rings. The van der Waals surface area contributed by atoms with E-state index in [-0.39, 0.29) is 6.54 Å². The van der Waals surface area contributed by atoms with Gasteiger partial charge >= 0.3 is 0 Å². The summed E-state index contributed by atoms with van der Waals surface area (Å²) in [6.07, 6.45) is -32.2. The molecule has 48 heavy (non-hydrogen) atoms. The SMILES string of the molecule is CC(=O)N[C@@H]1[C@@H](O)[C@H](O[C@@H]2O[C@H](CN)[C@H](O)[C@H](O)[C@H]2O)[C@@H](CO[C@@H]2O[C@H](CO)[C@@H](O[C@@H]3O[C@H](CO)[C@H](O)[C@H](O)[C@H]3O)[C@H](O)[C@H]2O)O[C@H]1O. The minimum Gasteiger partial charge on any atom is -0.394 e. The van der Waals surface area contributed by atoms with Gasteiger partial charge in [-0.15, -0.1) is 0 Å². The molecule has 4 aliphatic heterocycles. The first kappa shape index (κ1) is 39.5. The quantitative estimate of drug-likeness (QED) is 0.0948. The Morgan fingerprint density at radius 1 is 0.604 bits per heavy atom. The molecule has 15 N–H and O–H groups in total. The van der Waals surface area contributed by atoms with Gasteiger partial charge in [0.1, 0.15) is 97.6 Å². The fourth-order valence-electron chi connectivity index (χ4n) is 5.89. The topological polar surface area (TPSA) is 362 Å². The summed E-state index contributed by atoms with van der Waals surface area (Å²) in [6, 6.07) is -1.48. The summed E-state index contributed by atoms with van der Waals surface area (Å²) >= 11 is 0. The number of carbonyl (C=O) groups is 1. The molecular formula is C26H46N2O20. The van der Waals surface area contributed by atoms with Crippen molar-refractivity contribution in [1.29, 1.82) is 0 Å². The van der Waals surface area contributed by atoms with Gasteiger partial charge in [-0.05, 0) is 0 Å². The van der Waals surface area contributed by atoms with Crippen molar-refractivity contribution in [1.82, 2.24) is 5.32 Å². The molecule has 4 rings (SSSR count). The predicted octanol–water partition coefficient (Wildman–Crippen LogP) is -9.64. The summed E-state index contributed by atoms with van der Waals surface area (Å²) < 4.78 is 38.6. The number of aliphatic hydroxyl groups is 12. The largest absolute Gasteiger partial charge is 0.394 e. The number of amides is 1. The number of hydrogen-bond donors (Lipinski definition) is 14. The predicted molar refractivity (Wildman–Crippen MR) is 147 cm³/mol. The van der Waals surface area contributed by atoms with Crippen molar-refractivity contribution in [2.24, 2.45) is 5.73 Å². The Hall–Kier alpha value is -1.33. The number of carbonyl (C=O) groups excluding carboxylic acids is 1. The van der Waals surface area contributed by atoms with E-state index in [1.807, 2.05) is 0 Å². The number of nitrogens with two attached hydrogens (primary N) is 1. The van der Waals surface area contributed by atoms with Crippen LogP contribution in [0.3, 0.4) is 0 Å². The van der Waals surface area contributed by atoms with Crippen LogP contribution in [0.4, 0.5) is 0 Å². The van der Waals surface area contributed by atoms with E-state index in [2.05, 4.69) is 5.32 Å². The molecule has 0 bridgehead atoms. The van der Waals surface area contributed by atoms with Crippen molar-refractivity contribution in [2.75, 3.05) is 26.4 Å². The molecule has 0 unspecified atom stereocenters. The van der Waals surface area contributed by atoms with Crippen LogP contribution in [-0.2, 0) is 38.0 Å². The molecule has 0 spiro atoms. The molecule has 0 aliphatic carbocycles. The molecule has 20 atom stereocenters. The van der Waals surface area contributed by atoms with Gasteiger partial charge in [0, 0.05) is 13.5 Å². The monoisotopic (exact) mass is 706 g/mol. The van der Waals surface area contributed by atoms with Gasteiger partial charge in [0.15, 0.2) is 25.2 Å². The third-order valence-corrected chi connectivity index (χ3v) is 8.64. The van der Waals surface area contributed by atoms with Crippen LogP contribution in [-0.4, -0.2) is 216 Å². The van der Waals surface area contributed by atoms with Crippen LogP contribution < -0.4 is 11.1 Å². The number of nitrogens with one attached hydrogen (secondary N) is 1. The molecule has 22 nitrogen and oxygen atoms in total. The summed E-state index contributed by atoms with van der Waals surface area (Å²) in [6.45, 7) is -1.55. The molecule has 0 aromatic heterocycles. The van der Waals surface area contributed by atoms with Crippen LogP contribution in [0.1, 0.15) is 6.92 Å². The van der Waals surface area contributed by atoms with E-state index in [0.29, 0.717) is 0 Å². The van der Waals surface area contributed by atoms with Crippen LogP contribution in [0.15, 0.2) is 0 Å². The van der Waals surface area contributed by atoms with Crippen molar-refractivity contribution < 1.29 is 99.2 Å². The van der Waals surface area contributed by atoms with Gasteiger partial charge in [-0.25, -0.2) is 0 Å². The Balaban J connectivity index is 1.47. The average Bonchev–Trinajstić information content (AvgIpc) is 3.06. The molecule has 4 aliphatic rings. The second-order valence-electron chi connectivity index (χ2n) is 12.0. The first-order chi connectivity index (χ1) is 22.6. The Kier molecular flexibility index (Phi) is 13.8. The smallest absolute Gasteiger partial charge is 0.217 e. The second-order valence-corrected chi connectivity index (χ2v) is 12.0. The van der Waals surface area contributed by atoms with E-state index in [1.54, 1.807) is 0 Å². The third kappa shape index (κ3) is 8.24. The van der Waals surface area contributed by atoms with Crippen molar-refractivity contribution in [3.63, 3.8) is 0 Å². The zero-order valence-electron chi connectivity index (χ0n) is 25.6. The lowest BCUT2D eigenvalue weighted by atomic mass is 9.95. The maximum Gasteiger partial charge on any atom is 0.217 e. The van der Waals surface area contributed by atoms with Crippen LogP contribution >= 0.6 is 0 Å². The maximum absolute atomic E-state index is 11.7. The Morgan fingerprint density at radius 2 is 1.08 bits per heavy atom. The lowest BCUT2D eigenvalue weighted by Crippen LogP contribution is -2.68. The summed E-state index contributed by atoms with van der Waals surface area (Å²) in [5.74, 6) is -0.672. The van der Waals surface area contributed by atoms with Crippen LogP contribution in [0.25, 0.3) is 0 Å². The average molecular weight is 707 g/mol. The van der Waals surface area contributed by atoms with Gasteiger partial charge in [-0.1, -0.05) is 0 Å². The fraction of sp³-hybridized carbons (Fsp3) is 0.962. The minimum absolute atomic E-state index is 0.305. The highest BCUT2D eigenvalue weighted by Crippen LogP contribution is 2.32. The molecule has 4 heterocycles. The molecule has 0 saturated carbocycles. The molecule has 280 valence electrons. The van der Waals surface area contributed by atoms with Crippen molar-refractivity contribution in [3.05, 3.63) is 0 Å². The minimum atomic E-state index is -1.95. The van der Waals surface area contributed by atoms with Gasteiger partial charge in [-0.3, -0.25) is 4.79 Å². The summed E-state index contributed by atoms with van der Waals surface area (Å²) in [4.78, 5) is 11.7. The highest BCUT2D eigenvalue weighted by molar-refractivity contribution is 5.73. The van der Waals surface area contributed by atoms with E-state index in [1.165, 1.54) is 0 Å².